The third-order valence-electron chi connectivity index (χ3n) is 5.66. The highest BCUT2D eigenvalue weighted by Crippen LogP contribution is 2.27. The maximum atomic E-state index is 13.0. The fourth-order valence-corrected chi connectivity index (χ4v) is 4.88. The van der Waals surface area contributed by atoms with Crippen LogP contribution in [0.5, 0.6) is 0 Å². The minimum atomic E-state index is -3.49. The van der Waals surface area contributed by atoms with E-state index in [-0.39, 0.29) is 11.8 Å². The summed E-state index contributed by atoms with van der Waals surface area (Å²) in [7, 11) is -1.69. The van der Waals surface area contributed by atoms with Crippen LogP contribution in [0.25, 0.3) is 6.08 Å². The number of hydrogen-bond acceptors (Lipinski definition) is 3. The van der Waals surface area contributed by atoms with Crippen molar-refractivity contribution in [2.75, 3.05) is 25.0 Å². The van der Waals surface area contributed by atoms with Crippen molar-refractivity contribution < 1.29 is 13.2 Å². The molecular formula is C23H28N2O3S. The molecule has 0 bridgehead atoms. The largest absolute Gasteiger partial charge is 0.315 e. The molecule has 5 nitrogen and oxygen atoms in total. The number of carbonyl (C=O) groups excluding carboxylic acids is 1. The first-order valence-corrected chi connectivity index (χ1v) is 11.4. The van der Waals surface area contributed by atoms with Crippen LogP contribution in [0, 0.1) is 19.8 Å². The number of anilines is 1. The maximum absolute atomic E-state index is 13.0. The fourth-order valence-electron chi connectivity index (χ4n) is 3.66. The van der Waals surface area contributed by atoms with Gasteiger partial charge in [0.25, 0.3) is 0 Å². The van der Waals surface area contributed by atoms with Crippen molar-refractivity contribution in [1.82, 2.24) is 4.31 Å². The lowest BCUT2D eigenvalue weighted by molar-refractivity contribution is -0.123. The van der Waals surface area contributed by atoms with E-state index in [1.165, 1.54) is 9.71 Å². The predicted molar refractivity (Wildman–Crippen MR) is 118 cm³/mol. The highest BCUT2D eigenvalue weighted by molar-refractivity contribution is 7.92. The van der Waals surface area contributed by atoms with Gasteiger partial charge in [0, 0.05) is 37.2 Å². The molecule has 0 unspecified atom stereocenters. The summed E-state index contributed by atoms with van der Waals surface area (Å²) < 4.78 is 26.7. The van der Waals surface area contributed by atoms with Crippen LogP contribution >= 0.6 is 0 Å². The molecule has 3 rings (SSSR count). The van der Waals surface area contributed by atoms with Gasteiger partial charge in [-0.15, -0.1) is 0 Å². The van der Waals surface area contributed by atoms with Crippen molar-refractivity contribution in [1.29, 1.82) is 0 Å². The van der Waals surface area contributed by atoms with Gasteiger partial charge in [-0.2, -0.15) is 4.31 Å². The number of aryl methyl sites for hydroxylation is 1. The molecule has 0 aliphatic carbocycles. The molecule has 1 fully saturated rings. The van der Waals surface area contributed by atoms with Crippen molar-refractivity contribution in [3.63, 3.8) is 0 Å². The first kappa shape index (κ1) is 21.3. The topological polar surface area (TPSA) is 57.7 Å². The number of carbonyl (C=O) groups is 1. The third kappa shape index (κ3) is 4.95. The van der Waals surface area contributed by atoms with E-state index >= 15 is 0 Å². The zero-order valence-corrected chi connectivity index (χ0v) is 18.0. The Morgan fingerprint density at radius 1 is 1.03 bits per heavy atom. The van der Waals surface area contributed by atoms with Crippen molar-refractivity contribution in [3.8, 4) is 0 Å². The molecule has 1 heterocycles. The second kappa shape index (κ2) is 8.93. The first-order valence-electron chi connectivity index (χ1n) is 9.86. The summed E-state index contributed by atoms with van der Waals surface area (Å²) >= 11 is 0. The monoisotopic (exact) mass is 412 g/mol. The van der Waals surface area contributed by atoms with E-state index in [0.29, 0.717) is 25.9 Å². The molecule has 29 heavy (non-hydrogen) atoms. The van der Waals surface area contributed by atoms with Crippen LogP contribution in [0.1, 0.15) is 29.5 Å². The van der Waals surface area contributed by atoms with E-state index in [9.17, 15) is 13.2 Å². The van der Waals surface area contributed by atoms with Crippen molar-refractivity contribution in [2.45, 2.75) is 26.7 Å². The Balaban J connectivity index is 1.63. The van der Waals surface area contributed by atoms with Gasteiger partial charge in [-0.25, -0.2) is 8.42 Å². The predicted octanol–water partition coefficient (Wildman–Crippen LogP) is 3.98. The first-order chi connectivity index (χ1) is 13.8. The Bertz CT molecular complexity index is 992. The standard InChI is InChI=1S/C23H28N2O3S/c1-18-8-7-11-22(19(18)2)24(3)23(26)21-12-15-25(16-13-21)29(27,28)17-14-20-9-5-4-6-10-20/h4-11,14,17,21H,12-13,15-16H2,1-3H3. The molecule has 0 N–H and O–H groups in total. The van der Waals surface area contributed by atoms with Crippen molar-refractivity contribution in [3.05, 3.63) is 70.6 Å². The smallest absolute Gasteiger partial charge is 0.236 e. The van der Waals surface area contributed by atoms with Gasteiger partial charge in [0.05, 0.1) is 0 Å². The van der Waals surface area contributed by atoms with Gasteiger partial charge in [0.1, 0.15) is 0 Å². The second-order valence-corrected chi connectivity index (χ2v) is 9.37. The molecule has 0 saturated carbocycles. The molecule has 0 atom stereocenters. The lowest BCUT2D eigenvalue weighted by Crippen LogP contribution is -2.43. The Hall–Kier alpha value is -2.44. The number of rotatable bonds is 5. The fraction of sp³-hybridized carbons (Fsp3) is 0.348. The van der Waals surface area contributed by atoms with Gasteiger partial charge in [0.2, 0.25) is 15.9 Å². The van der Waals surface area contributed by atoms with Crippen LogP contribution in [-0.2, 0) is 14.8 Å². The average molecular weight is 413 g/mol. The molecule has 154 valence electrons. The van der Waals surface area contributed by atoms with Gasteiger partial charge in [-0.1, -0.05) is 42.5 Å². The summed E-state index contributed by atoms with van der Waals surface area (Å²) in [5.41, 5.74) is 4.00. The molecule has 1 aliphatic heterocycles. The summed E-state index contributed by atoms with van der Waals surface area (Å²) in [6.45, 7) is 4.77. The molecule has 0 radical (unpaired) electrons. The average Bonchev–Trinajstić information content (AvgIpc) is 2.74. The van der Waals surface area contributed by atoms with Gasteiger partial charge < -0.3 is 4.90 Å². The number of amides is 1. The van der Waals surface area contributed by atoms with Crippen LogP contribution in [-0.4, -0.2) is 38.8 Å². The summed E-state index contributed by atoms with van der Waals surface area (Å²) in [5, 5.41) is 1.26. The van der Waals surface area contributed by atoms with E-state index in [4.69, 9.17) is 0 Å². The molecule has 0 aromatic heterocycles. The van der Waals surface area contributed by atoms with E-state index in [2.05, 4.69) is 0 Å². The van der Waals surface area contributed by atoms with Crippen LogP contribution < -0.4 is 4.90 Å². The van der Waals surface area contributed by atoms with Crippen molar-refractivity contribution in [2.24, 2.45) is 5.92 Å². The second-order valence-electron chi connectivity index (χ2n) is 7.55. The lowest BCUT2D eigenvalue weighted by atomic mass is 9.96. The van der Waals surface area contributed by atoms with Gasteiger partial charge in [-0.05, 0) is 55.5 Å². The highest BCUT2D eigenvalue weighted by atomic mass is 32.2. The van der Waals surface area contributed by atoms with Crippen LogP contribution in [0.4, 0.5) is 5.69 Å². The van der Waals surface area contributed by atoms with Gasteiger partial charge in [0.15, 0.2) is 0 Å². The molecule has 2 aromatic rings. The number of nitrogens with zero attached hydrogens (tertiary/aromatic N) is 2. The van der Waals surface area contributed by atoms with E-state index in [1.807, 2.05) is 62.4 Å². The third-order valence-corrected chi connectivity index (χ3v) is 7.23. The Morgan fingerprint density at radius 3 is 2.34 bits per heavy atom. The molecule has 1 saturated heterocycles. The highest BCUT2D eigenvalue weighted by Gasteiger charge is 2.32. The summed E-state index contributed by atoms with van der Waals surface area (Å²) in [6, 6.07) is 15.3. The zero-order chi connectivity index (χ0) is 21.0. The molecule has 6 heteroatoms. The molecule has 1 aliphatic rings. The number of benzene rings is 2. The molecule has 0 spiro atoms. The Kier molecular flexibility index (Phi) is 6.55. The van der Waals surface area contributed by atoms with E-state index in [0.717, 1.165) is 22.4 Å². The summed E-state index contributed by atoms with van der Waals surface area (Å²) in [5.74, 6) is -0.111. The minimum Gasteiger partial charge on any atom is -0.315 e. The van der Waals surface area contributed by atoms with Gasteiger partial charge in [-0.3, -0.25) is 4.79 Å². The maximum Gasteiger partial charge on any atom is 0.236 e. The van der Waals surface area contributed by atoms with Crippen molar-refractivity contribution >= 4 is 27.7 Å². The van der Waals surface area contributed by atoms with Gasteiger partial charge >= 0.3 is 0 Å². The Labute approximate surface area is 173 Å². The van der Waals surface area contributed by atoms with E-state index < -0.39 is 10.0 Å². The zero-order valence-electron chi connectivity index (χ0n) is 17.2. The Morgan fingerprint density at radius 2 is 1.69 bits per heavy atom. The molecule has 1 amide bonds. The minimum absolute atomic E-state index is 0.0515. The lowest BCUT2D eigenvalue weighted by Gasteiger charge is -2.32. The molecule has 2 aromatic carbocycles. The van der Waals surface area contributed by atoms with Crippen LogP contribution in [0.15, 0.2) is 53.9 Å². The number of sulfonamides is 1. The normalized spacial score (nSPS) is 16.2. The number of piperidine rings is 1. The summed E-state index contributed by atoms with van der Waals surface area (Å²) in [4.78, 5) is 14.7. The number of hydrogen-bond donors (Lipinski definition) is 0. The SMILES string of the molecule is Cc1cccc(N(C)C(=O)C2CCN(S(=O)(=O)C=Cc3ccccc3)CC2)c1C. The van der Waals surface area contributed by atoms with E-state index in [1.54, 1.807) is 18.0 Å². The quantitative estimate of drug-likeness (QED) is 0.746. The van der Waals surface area contributed by atoms with Crippen LogP contribution in [0.2, 0.25) is 0 Å². The van der Waals surface area contributed by atoms with Crippen LogP contribution in [0.3, 0.4) is 0 Å². The molecular weight excluding hydrogens is 384 g/mol. The summed E-state index contributed by atoms with van der Waals surface area (Å²) in [6.07, 6.45) is 2.68.